The number of cyclic esters (lactones) is 1. The highest BCUT2D eigenvalue weighted by atomic mass is 32.2. The van der Waals surface area contributed by atoms with Gasteiger partial charge in [-0.05, 0) is 19.8 Å². The lowest BCUT2D eigenvalue weighted by Crippen LogP contribution is -2.07. The van der Waals surface area contributed by atoms with Crippen LogP contribution >= 0.6 is 11.8 Å². The van der Waals surface area contributed by atoms with E-state index in [0.717, 1.165) is 6.42 Å². The predicted molar refractivity (Wildman–Crippen MR) is 64.9 cm³/mol. The second-order valence-electron chi connectivity index (χ2n) is 4.20. The number of rotatable bonds is 7. The van der Waals surface area contributed by atoms with Crippen molar-refractivity contribution >= 4 is 17.7 Å². The summed E-state index contributed by atoms with van der Waals surface area (Å²) in [5.74, 6) is -0.0315. The number of thioether (sulfide) groups is 1. The van der Waals surface area contributed by atoms with Crippen LogP contribution in [0.25, 0.3) is 0 Å². The van der Waals surface area contributed by atoms with Gasteiger partial charge in [0.1, 0.15) is 10.7 Å². The van der Waals surface area contributed by atoms with Gasteiger partial charge in [0.05, 0.1) is 0 Å². The van der Waals surface area contributed by atoms with Crippen molar-refractivity contribution in [2.45, 2.75) is 69.5 Å². The first-order valence-corrected chi connectivity index (χ1v) is 7.04. The maximum absolute atomic E-state index is 11.1. The summed E-state index contributed by atoms with van der Waals surface area (Å²) in [6.45, 7) is 4.16. The number of hydrogen-bond donors (Lipinski definition) is 0. The first kappa shape index (κ1) is 12.9. The highest BCUT2D eigenvalue weighted by Gasteiger charge is 2.30. The molecule has 0 aromatic rings. The Balaban J connectivity index is 1.95. The molecule has 0 amide bonds. The molecule has 0 radical (unpaired) electrons. The monoisotopic (exact) mass is 230 g/mol. The van der Waals surface area contributed by atoms with E-state index in [-0.39, 0.29) is 16.7 Å². The van der Waals surface area contributed by atoms with Crippen LogP contribution in [-0.4, -0.2) is 16.7 Å². The first-order chi connectivity index (χ1) is 7.24. The Morgan fingerprint density at radius 3 is 2.47 bits per heavy atom. The second-order valence-corrected chi connectivity index (χ2v) is 5.71. The van der Waals surface area contributed by atoms with E-state index < -0.39 is 0 Å². The molecule has 1 saturated heterocycles. The van der Waals surface area contributed by atoms with Crippen LogP contribution in [-0.2, 0) is 9.53 Å². The van der Waals surface area contributed by atoms with Gasteiger partial charge in [0.25, 0.3) is 0 Å². The highest BCUT2D eigenvalue weighted by Crippen LogP contribution is 2.31. The third-order valence-electron chi connectivity index (χ3n) is 2.73. The third-order valence-corrected chi connectivity index (χ3v) is 3.96. The molecule has 0 aliphatic carbocycles. The number of unbranched alkanes of at least 4 members (excludes halogenated alkanes) is 5. The van der Waals surface area contributed by atoms with E-state index in [9.17, 15) is 4.79 Å². The zero-order chi connectivity index (χ0) is 11.1. The average Bonchev–Trinajstić information content (AvgIpc) is 2.52. The maximum Gasteiger partial charge on any atom is 0.320 e. The minimum absolute atomic E-state index is 0.0315. The molecule has 1 aliphatic rings. The van der Waals surface area contributed by atoms with Gasteiger partial charge in [-0.1, -0.05) is 39.0 Å². The van der Waals surface area contributed by atoms with Crippen LogP contribution in [0.15, 0.2) is 0 Å². The number of carbonyl (C=O) groups excluding carboxylic acids is 1. The van der Waals surface area contributed by atoms with Gasteiger partial charge in [-0.2, -0.15) is 0 Å². The fourth-order valence-corrected chi connectivity index (χ4v) is 2.83. The summed E-state index contributed by atoms with van der Waals surface area (Å²) < 4.78 is 5.23. The van der Waals surface area contributed by atoms with E-state index in [1.165, 1.54) is 38.5 Å². The van der Waals surface area contributed by atoms with Gasteiger partial charge in [-0.3, -0.25) is 4.79 Å². The van der Waals surface area contributed by atoms with Gasteiger partial charge >= 0.3 is 5.97 Å². The molecular weight excluding hydrogens is 208 g/mol. The lowest BCUT2D eigenvalue weighted by molar-refractivity contribution is -0.142. The molecule has 2 atom stereocenters. The molecule has 0 bridgehead atoms. The summed E-state index contributed by atoms with van der Waals surface area (Å²) in [6, 6.07) is 0. The molecule has 0 N–H and O–H groups in total. The van der Waals surface area contributed by atoms with E-state index in [0.29, 0.717) is 0 Å². The molecule has 2 unspecified atom stereocenters. The minimum atomic E-state index is -0.0315. The van der Waals surface area contributed by atoms with Crippen LogP contribution in [0.2, 0.25) is 0 Å². The van der Waals surface area contributed by atoms with E-state index in [2.05, 4.69) is 6.92 Å². The Bertz CT molecular complexity index is 194. The smallest absolute Gasteiger partial charge is 0.320 e. The lowest BCUT2D eigenvalue weighted by atomic mass is 10.1. The lowest BCUT2D eigenvalue weighted by Gasteiger charge is -2.07. The Morgan fingerprint density at radius 1 is 1.20 bits per heavy atom. The number of carbonyl (C=O) groups is 1. The quantitative estimate of drug-likeness (QED) is 0.492. The molecule has 0 aromatic heterocycles. The second kappa shape index (κ2) is 7.15. The summed E-state index contributed by atoms with van der Waals surface area (Å²) in [6.07, 6.45) is 8.84. The van der Waals surface area contributed by atoms with Gasteiger partial charge in [-0.15, -0.1) is 11.8 Å². The van der Waals surface area contributed by atoms with Crippen molar-refractivity contribution in [3.63, 3.8) is 0 Å². The molecule has 15 heavy (non-hydrogen) atoms. The predicted octanol–water partition coefficient (Wildman–Crippen LogP) is 3.74. The Hall–Kier alpha value is -0.180. The van der Waals surface area contributed by atoms with Gasteiger partial charge in [0, 0.05) is 0 Å². The molecular formula is C12H22O2S. The van der Waals surface area contributed by atoms with Crippen LogP contribution in [0.3, 0.4) is 0 Å². The Kier molecular flexibility index (Phi) is 6.15. The summed E-state index contributed by atoms with van der Waals surface area (Å²) >= 11 is 1.67. The zero-order valence-electron chi connectivity index (χ0n) is 9.83. The van der Waals surface area contributed by atoms with Gasteiger partial charge in [-0.25, -0.2) is 0 Å². The summed E-state index contributed by atoms with van der Waals surface area (Å²) in [5, 5.41) is 0.0510. The fourth-order valence-electron chi connectivity index (χ4n) is 1.75. The molecule has 0 saturated carbocycles. The SMILES string of the molecule is CCCCCCCCC1OC(=O)C(C)S1. The van der Waals surface area contributed by atoms with Crippen molar-refractivity contribution < 1.29 is 9.53 Å². The molecule has 0 spiro atoms. The van der Waals surface area contributed by atoms with Crippen LogP contribution in [0.5, 0.6) is 0 Å². The molecule has 1 aliphatic heterocycles. The maximum atomic E-state index is 11.1. The van der Waals surface area contributed by atoms with E-state index in [4.69, 9.17) is 4.74 Å². The van der Waals surface area contributed by atoms with E-state index in [1.54, 1.807) is 11.8 Å². The number of hydrogen-bond acceptors (Lipinski definition) is 3. The van der Waals surface area contributed by atoms with Crippen LogP contribution in [0.1, 0.15) is 58.8 Å². The van der Waals surface area contributed by atoms with Crippen LogP contribution in [0, 0.1) is 0 Å². The fraction of sp³-hybridized carbons (Fsp3) is 0.917. The van der Waals surface area contributed by atoms with Crippen LogP contribution < -0.4 is 0 Å². The molecule has 1 rings (SSSR count). The molecule has 1 fully saturated rings. The average molecular weight is 230 g/mol. The first-order valence-electron chi connectivity index (χ1n) is 6.10. The van der Waals surface area contributed by atoms with Gasteiger partial charge in [0.15, 0.2) is 0 Å². The highest BCUT2D eigenvalue weighted by molar-refractivity contribution is 8.01. The van der Waals surface area contributed by atoms with Crippen molar-refractivity contribution in [1.82, 2.24) is 0 Å². The van der Waals surface area contributed by atoms with Crippen molar-refractivity contribution in [3.05, 3.63) is 0 Å². The summed E-state index contributed by atoms with van der Waals surface area (Å²) in [4.78, 5) is 11.1. The van der Waals surface area contributed by atoms with Crippen molar-refractivity contribution in [1.29, 1.82) is 0 Å². The van der Waals surface area contributed by atoms with Crippen molar-refractivity contribution in [3.8, 4) is 0 Å². The summed E-state index contributed by atoms with van der Waals surface area (Å²) in [5.41, 5.74) is 0.138. The molecule has 0 aromatic carbocycles. The van der Waals surface area contributed by atoms with E-state index in [1.807, 2.05) is 6.92 Å². The van der Waals surface area contributed by atoms with Gasteiger partial charge in [0.2, 0.25) is 0 Å². The molecule has 2 nitrogen and oxygen atoms in total. The summed E-state index contributed by atoms with van der Waals surface area (Å²) in [7, 11) is 0. The van der Waals surface area contributed by atoms with E-state index >= 15 is 0 Å². The largest absolute Gasteiger partial charge is 0.450 e. The Labute approximate surface area is 97.1 Å². The minimum Gasteiger partial charge on any atom is -0.450 e. The number of ether oxygens (including phenoxy) is 1. The molecule has 1 heterocycles. The zero-order valence-corrected chi connectivity index (χ0v) is 10.6. The topological polar surface area (TPSA) is 26.3 Å². The third kappa shape index (κ3) is 4.92. The Morgan fingerprint density at radius 2 is 1.87 bits per heavy atom. The number of esters is 1. The molecule has 88 valence electrons. The van der Waals surface area contributed by atoms with Crippen molar-refractivity contribution in [2.75, 3.05) is 0 Å². The standard InChI is InChI=1S/C12H22O2S/c1-3-4-5-6-7-8-9-11-14-12(13)10(2)15-11/h10-11H,3-9H2,1-2H3. The molecule has 3 heteroatoms. The normalized spacial score (nSPS) is 25.6. The van der Waals surface area contributed by atoms with Crippen molar-refractivity contribution in [2.24, 2.45) is 0 Å². The van der Waals surface area contributed by atoms with Gasteiger partial charge < -0.3 is 4.74 Å². The van der Waals surface area contributed by atoms with Crippen LogP contribution in [0.4, 0.5) is 0 Å².